The van der Waals surface area contributed by atoms with Gasteiger partial charge in [0.15, 0.2) is 10.9 Å². The summed E-state index contributed by atoms with van der Waals surface area (Å²) >= 11 is 7.61. The lowest BCUT2D eigenvalue weighted by atomic mass is 10.2. The molecular weight excluding hydrogens is 357 g/mol. The highest BCUT2D eigenvalue weighted by Gasteiger charge is 2.21. The molecule has 1 aliphatic heterocycles. The lowest BCUT2D eigenvalue weighted by Gasteiger charge is -2.20. The van der Waals surface area contributed by atoms with Gasteiger partial charge in [-0.25, -0.2) is 0 Å². The second-order valence-electron chi connectivity index (χ2n) is 4.92. The molecule has 1 amide bonds. The first-order chi connectivity index (χ1) is 10.7. The summed E-state index contributed by atoms with van der Waals surface area (Å²) in [6.45, 7) is 2.41. The molecule has 3 rings (SSSR count). The van der Waals surface area contributed by atoms with Crippen molar-refractivity contribution in [1.29, 1.82) is 0 Å². The molecule has 5 nitrogen and oxygen atoms in total. The predicted molar refractivity (Wildman–Crippen MR) is 93.3 cm³/mol. The van der Waals surface area contributed by atoms with Gasteiger partial charge in [0.2, 0.25) is 0 Å². The minimum Gasteiger partial charge on any atom is -0.366 e. The SMILES string of the molecule is Cl.O=C(N=c1sccn1Cc1ccccc1Cl)C1CNCCO1. The van der Waals surface area contributed by atoms with E-state index in [1.54, 1.807) is 0 Å². The molecule has 1 unspecified atom stereocenters. The highest BCUT2D eigenvalue weighted by molar-refractivity contribution is 7.07. The second-order valence-corrected chi connectivity index (χ2v) is 6.20. The van der Waals surface area contributed by atoms with Crippen LogP contribution in [0.1, 0.15) is 5.56 Å². The maximum Gasteiger partial charge on any atom is 0.278 e. The van der Waals surface area contributed by atoms with Crippen molar-refractivity contribution in [2.24, 2.45) is 4.99 Å². The van der Waals surface area contributed by atoms with Crippen LogP contribution in [0.25, 0.3) is 0 Å². The number of aromatic nitrogens is 1. The maximum atomic E-state index is 12.2. The van der Waals surface area contributed by atoms with Crippen LogP contribution in [0.2, 0.25) is 5.02 Å². The molecule has 1 saturated heterocycles. The summed E-state index contributed by atoms with van der Waals surface area (Å²) in [6, 6.07) is 7.66. The van der Waals surface area contributed by atoms with Crippen molar-refractivity contribution in [3.63, 3.8) is 0 Å². The molecule has 0 radical (unpaired) electrons. The number of thiazole rings is 1. The average Bonchev–Trinajstić information content (AvgIpc) is 2.97. The highest BCUT2D eigenvalue weighted by Crippen LogP contribution is 2.15. The van der Waals surface area contributed by atoms with Gasteiger partial charge in [0.1, 0.15) is 0 Å². The van der Waals surface area contributed by atoms with E-state index in [2.05, 4.69) is 10.3 Å². The van der Waals surface area contributed by atoms with Crippen LogP contribution in [-0.4, -0.2) is 36.3 Å². The van der Waals surface area contributed by atoms with Gasteiger partial charge in [-0.1, -0.05) is 29.8 Å². The topological polar surface area (TPSA) is 55.6 Å². The average molecular weight is 374 g/mol. The van der Waals surface area contributed by atoms with Gasteiger partial charge in [-0.15, -0.1) is 23.7 Å². The number of nitrogens with zero attached hydrogens (tertiary/aromatic N) is 2. The molecule has 23 heavy (non-hydrogen) atoms. The van der Waals surface area contributed by atoms with Crippen molar-refractivity contribution in [1.82, 2.24) is 9.88 Å². The quantitative estimate of drug-likeness (QED) is 0.895. The van der Waals surface area contributed by atoms with Crippen LogP contribution in [0.5, 0.6) is 0 Å². The van der Waals surface area contributed by atoms with E-state index in [0.29, 0.717) is 29.5 Å². The summed E-state index contributed by atoms with van der Waals surface area (Å²) in [5.41, 5.74) is 0.993. The molecule has 8 heteroatoms. The molecule has 1 fully saturated rings. The Kier molecular flexibility index (Phi) is 6.80. The Morgan fingerprint density at radius 3 is 3.04 bits per heavy atom. The van der Waals surface area contributed by atoms with E-state index in [-0.39, 0.29) is 18.3 Å². The van der Waals surface area contributed by atoms with Crippen LogP contribution in [0, 0.1) is 0 Å². The summed E-state index contributed by atoms with van der Waals surface area (Å²) < 4.78 is 7.35. The molecule has 2 heterocycles. The first-order valence-electron chi connectivity index (χ1n) is 7.02. The van der Waals surface area contributed by atoms with Gasteiger partial charge in [0, 0.05) is 29.7 Å². The van der Waals surface area contributed by atoms with Crippen LogP contribution in [-0.2, 0) is 16.1 Å². The van der Waals surface area contributed by atoms with Crippen molar-refractivity contribution < 1.29 is 9.53 Å². The summed E-state index contributed by atoms with van der Waals surface area (Å²) in [6.07, 6.45) is 1.41. The molecule has 1 aromatic carbocycles. The number of halogens is 2. The Labute approximate surface area is 149 Å². The third-order valence-corrected chi connectivity index (χ3v) is 4.53. The molecule has 124 valence electrons. The molecule has 0 aliphatic carbocycles. The third-order valence-electron chi connectivity index (χ3n) is 3.37. The zero-order valence-corrected chi connectivity index (χ0v) is 14.7. The first-order valence-corrected chi connectivity index (χ1v) is 8.28. The van der Waals surface area contributed by atoms with Gasteiger partial charge in [0.25, 0.3) is 5.91 Å². The van der Waals surface area contributed by atoms with E-state index in [0.717, 1.165) is 12.1 Å². The number of hydrogen-bond donors (Lipinski definition) is 1. The third kappa shape index (κ3) is 4.65. The normalized spacial score (nSPS) is 18.5. The number of rotatable bonds is 3. The number of nitrogens with one attached hydrogen (secondary N) is 1. The lowest BCUT2D eigenvalue weighted by Crippen LogP contribution is -2.43. The molecule has 0 spiro atoms. The van der Waals surface area contributed by atoms with Gasteiger partial charge in [0.05, 0.1) is 13.2 Å². The van der Waals surface area contributed by atoms with Crippen molar-refractivity contribution in [2.75, 3.05) is 19.7 Å². The Balaban J connectivity index is 0.00000192. The van der Waals surface area contributed by atoms with E-state index in [1.807, 2.05) is 40.4 Å². The van der Waals surface area contributed by atoms with Crippen molar-refractivity contribution in [3.8, 4) is 0 Å². The zero-order chi connectivity index (χ0) is 15.4. The fourth-order valence-corrected chi connectivity index (χ4v) is 3.14. The molecule has 2 aromatic rings. The first kappa shape index (κ1) is 18.2. The van der Waals surface area contributed by atoms with Crippen molar-refractivity contribution in [2.45, 2.75) is 12.6 Å². The number of amides is 1. The molecule has 1 atom stereocenters. The summed E-state index contributed by atoms with van der Waals surface area (Å²) in [5, 5.41) is 5.74. The Morgan fingerprint density at radius 1 is 1.48 bits per heavy atom. The number of ether oxygens (including phenoxy) is 1. The summed E-state index contributed by atoms with van der Waals surface area (Å²) in [5.74, 6) is -0.248. The van der Waals surface area contributed by atoms with Gasteiger partial charge in [-0.3, -0.25) is 4.79 Å². The summed E-state index contributed by atoms with van der Waals surface area (Å²) in [4.78, 5) is 17.0. The van der Waals surface area contributed by atoms with Gasteiger partial charge in [-0.05, 0) is 11.6 Å². The second kappa shape index (κ2) is 8.61. The molecule has 0 bridgehead atoms. The lowest BCUT2D eigenvalue weighted by molar-refractivity contribution is -0.130. The van der Waals surface area contributed by atoms with E-state index < -0.39 is 6.10 Å². The van der Waals surface area contributed by atoms with E-state index in [9.17, 15) is 4.79 Å². The van der Waals surface area contributed by atoms with Crippen molar-refractivity contribution in [3.05, 3.63) is 51.2 Å². The minimum atomic E-state index is -0.496. The van der Waals surface area contributed by atoms with E-state index >= 15 is 0 Å². The molecule has 1 N–H and O–H groups in total. The number of hydrogen-bond acceptors (Lipinski definition) is 4. The molecule has 1 aliphatic rings. The molecule has 0 saturated carbocycles. The zero-order valence-electron chi connectivity index (χ0n) is 12.3. The number of carbonyl (C=O) groups excluding carboxylic acids is 1. The number of carbonyl (C=O) groups is 1. The van der Waals surface area contributed by atoms with Crippen LogP contribution in [0.4, 0.5) is 0 Å². The van der Waals surface area contributed by atoms with Crippen LogP contribution in [0.3, 0.4) is 0 Å². The van der Waals surface area contributed by atoms with Crippen LogP contribution < -0.4 is 10.1 Å². The number of benzene rings is 1. The van der Waals surface area contributed by atoms with Crippen LogP contribution in [0.15, 0.2) is 40.8 Å². The van der Waals surface area contributed by atoms with E-state index in [1.165, 1.54) is 11.3 Å². The fourth-order valence-electron chi connectivity index (χ4n) is 2.21. The molecule has 1 aromatic heterocycles. The van der Waals surface area contributed by atoms with Crippen LogP contribution >= 0.6 is 35.3 Å². The highest BCUT2D eigenvalue weighted by atomic mass is 35.5. The Bertz CT molecular complexity index is 723. The minimum absolute atomic E-state index is 0. The summed E-state index contributed by atoms with van der Waals surface area (Å²) in [7, 11) is 0. The van der Waals surface area contributed by atoms with Gasteiger partial charge in [-0.2, -0.15) is 4.99 Å². The maximum absolute atomic E-state index is 12.2. The largest absolute Gasteiger partial charge is 0.366 e. The van der Waals surface area contributed by atoms with E-state index in [4.69, 9.17) is 16.3 Å². The Morgan fingerprint density at radius 2 is 2.30 bits per heavy atom. The Hall–Kier alpha value is -1.18. The van der Waals surface area contributed by atoms with Crippen molar-refractivity contribution >= 4 is 41.3 Å². The standard InChI is InChI=1S/C15H16ClN3O2S.ClH/c16-12-4-2-1-3-11(12)10-19-6-8-22-15(19)18-14(20)13-9-17-5-7-21-13;/h1-4,6,8,13,17H,5,7,9-10H2;1H. The number of morpholine rings is 1. The smallest absolute Gasteiger partial charge is 0.278 e. The van der Waals surface area contributed by atoms with Gasteiger partial charge >= 0.3 is 0 Å². The van der Waals surface area contributed by atoms with Gasteiger partial charge < -0.3 is 14.6 Å². The molecular formula is C15H17Cl2N3O2S. The predicted octanol–water partition coefficient (Wildman–Crippen LogP) is 2.09. The fraction of sp³-hybridized carbons (Fsp3) is 0.333. The monoisotopic (exact) mass is 373 g/mol.